The highest BCUT2D eigenvalue weighted by atomic mass is 32.2. The summed E-state index contributed by atoms with van der Waals surface area (Å²) in [4.78, 5) is 0. The van der Waals surface area contributed by atoms with Gasteiger partial charge in [-0.2, -0.15) is 5.10 Å². The molecule has 0 aliphatic heterocycles. The van der Waals surface area contributed by atoms with Gasteiger partial charge < -0.3 is 0 Å². The third kappa shape index (κ3) is 2.89. The molecule has 1 fully saturated rings. The zero-order valence-electron chi connectivity index (χ0n) is 14.1. The van der Waals surface area contributed by atoms with Crippen molar-refractivity contribution in [1.82, 2.24) is 14.5 Å². The van der Waals surface area contributed by atoms with Gasteiger partial charge in [0.25, 0.3) is 0 Å². The monoisotopic (exact) mass is 345 g/mol. The molecule has 2 aliphatic rings. The summed E-state index contributed by atoms with van der Waals surface area (Å²) in [6.45, 7) is 4.38. The summed E-state index contributed by atoms with van der Waals surface area (Å²) in [5.74, 6) is 0. The van der Waals surface area contributed by atoms with Crippen molar-refractivity contribution in [1.29, 1.82) is 0 Å². The van der Waals surface area contributed by atoms with Crippen LogP contribution in [0.25, 0.3) is 5.69 Å². The molecule has 4 rings (SSSR count). The minimum atomic E-state index is -3.22. The topological polar surface area (TPSA) is 64.0 Å². The van der Waals surface area contributed by atoms with Gasteiger partial charge in [-0.3, -0.25) is 0 Å². The van der Waals surface area contributed by atoms with E-state index >= 15 is 0 Å². The maximum absolute atomic E-state index is 12.4. The van der Waals surface area contributed by atoms with E-state index in [4.69, 9.17) is 0 Å². The van der Waals surface area contributed by atoms with Crippen LogP contribution in [0.1, 0.15) is 50.4 Å². The first-order valence-electron chi connectivity index (χ1n) is 8.49. The normalized spacial score (nSPS) is 23.0. The largest absolute Gasteiger partial charge is 0.237 e. The van der Waals surface area contributed by atoms with E-state index in [1.807, 2.05) is 41.2 Å². The van der Waals surface area contributed by atoms with E-state index in [1.54, 1.807) is 0 Å². The molecule has 0 amide bonds. The fraction of sp³-hybridized carbons (Fsp3) is 0.500. The highest BCUT2D eigenvalue weighted by Gasteiger charge is 2.41. The maximum Gasteiger partial charge on any atom is 0.215 e. The summed E-state index contributed by atoms with van der Waals surface area (Å²) < 4.78 is 29.7. The minimum Gasteiger partial charge on any atom is -0.237 e. The standard InChI is InChI=1S/C18H23N3O2S/c1-18(2)10-16(20-24(22,23)14-8-9-14)15-12-19-21(17(15)11-18)13-6-4-3-5-7-13/h3-7,12,14,16,20H,8-11H2,1-2H3/t16-/m0/s1. The third-order valence-electron chi connectivity index (χ3n) is 4.95. The SMILES string of the molecule is CC1(C)Cc2c(cnn2-c2ccccc2)[C@@H](NS(=O)(=O)C2CC2)C1. The van der Waals surface area contributed by atoms with Crippen LogP contribution in [0, 0.1) is 5.41 Å². The van der Waals surface area contributed by atoms with Crippen molar-refractivity contribution in [3.63, 3.8) is 0 Å². The lowest BCUT2D eigenvalue weighted by Crippen LogP contribution is -2.38. The Balaban J connectivity index is 1.73. The first-order chi connectivity index (χ1) is 11.4. The van der Waals surface area contributed by atoms with E-state index in [0.717, 1.165) is 42.6 Å². The zero-order valence-corrected chi connectivity index (χ0v) is 14.9. The minimum absolute atomic E-state index is 0.0241. The van der Waals surface area contributed by atoms with Gasteiger partial charge in [0.1, 0.15) is 0 Å². The van der Waals surface area contributed by atoms with Gasteiger partial charge in [-0.05, 0) is 43.2 Å². The molecule has 2 aromatic rings. The van der Waals surface area contributed by atoms with E-state index in [0.29, 0.717) is 0 Å². The molecular weight excluding hydrogens is 322 g/mol. The van der Waals surface area contributed by atoms with Crippen molar-refractivity contribution in [2.24, 2.45) is 5.41 Å². The number of para-hydroxylation sites is 1. The molecule has 0 bridgehead atoms. The second-order valence-corrected chi connectivity index (χ2v) is 9.75. The molecule has 128 valence electrons. The van der Waals surface area contributed by atoms with Crippen LogP contribution in [0.15, 0.2) is 36.5 Å². The molecule has 0 saturated heterocycles. The van der Waals surface area contributed by atoms with Gasteiger partial charge in [0.05, 0.1) is 23.2 Å². The number of fused-ring (bicyclic) bond motifs is 1. The average molecular weight is 345 g/mol. The van der Waals surface area contributed by atoms with Crippen molar-refractivity contribution < 1.29 is 8.42 Å². The number of nitrogens with zero attached hydrogens (tertiary/aromatic N) is 2. The molecule has 0 unspecified atom stereocenters. The van der Waals surface area contributed by atoms with Crippen molar-refractivity contribution in [2.75, 3.05) is 0 Å². The highest BCUT2D eigenvalue weighted by molar-refractivity contribution is 7.90. The molecule has 1 atom stereocenters. The number of hydrogen-bond donors (Lipinski definition) is 1. The Bertz CT molecular complexity index is 852. The van der Waals surface area contributed by atoms with Crippen LogP contribution >= 0.6 is 0 Å². The van der Waals surface area contributed by atoms with Gasteiger partial charge in [-0.1, -0.05) is 32.0 Å². The summed E-state index contributed by atoms with van der Waals surface area (Å²) in [5, 5.41) is 4.36. The Hall–Kier alpha value is -1.66. The number of rotatable bonds is 4. The average Bonchev–Trinajstić information content (AvgIpc) is 3.29. The Morgan fingerprint density at radius 2 is 1.92 bits per heavy atom. The fourth-order valence-corrected chi connectivity index (χ4v) is 5.17. The third-order valence-corrected chi connectivity index (χ3v) is 6.91. The summed E-state index contributed by atoms with van der Waals surface area (Å²) in [6, 6.07) is 9.83. The smallest absolute Gasteiger partial charge is 0.215 e. The summed E-state index contributed by atoms with van der Waals surface area (Å²) in [6.07, 6.45) is 5.08. The van der Waals surface area contributed by atoms with E-state index in [1.165, 1.54) is 0 Å². The molecule has 2 aliphatic carbocycles. The Labute approximate surface area is 143 Å². The first-order valence-corrected chi connectivity index (χ1v) is 10.0. The van der Waals surface area contributed by atoms with Crippen LogP contribution < -0.4 is 4.72 Å². The molecule has 1 heterocycles. The lowest BCUT2D eigenvalue weighted by molar-refractivity contribution is 0.268. The summed E-state index contributed by atoms with van der Waals surface area (Å²) in [7, 11) is -3.22. The number of sulfonamides is 1. The molecular formula is C18H23N3O2S. The van der Waals surface area contributed by atoms with Gasteiger partial charge in [0.15, 0.2) is 0 Å². The number of benzene rings is 1. The maximum atomic E-state index is 12.4. The number of hydrogen-bond acceptors (Lipinski definition) is 3. The summed E-state index contributed by atoms with van der Waals surface area (Å²) >= 11 is 0. The predicted octanol–water partition coefficient (Wildman–Crippen LogP) is 2.97. The first kappa shape index (κ1) is 15.8. The van der Waals surface area contributed by atoms with Crippen molar-refractivity contribution >= 4 is 10.0 Å². The molecule has 6 heteroatoms. The van der Waals surface area contributed by atoms with Crippen LogP contribution in [0.2, 0.25) is 0 Å². The highest BCUT2D eigenvalue weighted by Crippen LogP contribution is 2.42. The molecule has 1 aromatic heterocycles. The van der Waals surface area contributed by atoms with Gasteiger partial charge in [-0.15, -0.1) is 0 Å². The van der Waals surface area contributed by atoms with Crippen molar-refractivity contribution in [3.05, 3.63) is 47.8 Å². The van der Waals surface area contributed by atoms with E-state index in [-0.39, 0.29) is 16.7 Å². The van der Waals surface area contributed by atoms with Crippen molar-refractivity contribution in [3.8, 4) is 5.69 Å². The number of aromatic nitrogens is 2. The van der Waals surface area contributed by atoms with Gasteiger partial charge in [-0.25, -0.2) is 17.8 Å². The lowest BCUT2D eigenvalue weighted by Gasteiger charge is -2.35. The molecule has 0 spiro atoms. The molecule has 1 N–H and O–H groups in total. The second kappa shape index (κ2) is 5.43. The zero-order chi connectivity index (χ0) is 16.9. The van der Waals surface area contributed by atoms with Crippen LogP contribution in [-0.4, -0.2) is 23.4 Å². The van der Waals surface area contributed by atoms with Crippen LogP contribution in [0.4, 0.5) is 0 Å². The second-order valence-electron chi connectivity index (χ2n) is 7.75. The van der Waals surface area contributed by atoms with Crippen LogP contribution in [0.5, 0.6) is 0 Å². The molecule has 5 nitrogen and oxygen atoms in total. The van der Waals surface area contributed by atoms with E-state index < -0.39 is 10.0 Å². The molecule has 24 heavy (non-hydrogen) atoms. The van der Waals surface area contributed by atoms with Gasteiger partial charge >= 0.3 is 0 Å². The predicted molar refractivity (Wildman–Crippen MR) is 93.5 cm³/mol. The Kier molecular flexibility index (Phi) is 3.58. The van der Waals surface area contributed by atoms with Crippen molar-refractivity contribution in [2.45, 2.75) is 50.8 Å². The number of nitrogens with one attached hydrogen (secondary N) is 1. The fourth-order valence-electron chi connectivity index (χ4n) is 3.61. The molecule has 1 saturated carbocycles. The van der Waals surface area contributed by atoms with Crippen LogP contribution in [0.3, 0.4) is 0 Å². The van der Waals surface area contributed by atoms with E-state index in [2.05, 4.69) is 23.7 Å². The Morgan fingerprint density at radius 3 is 2.58 bits per heavy atom. The van der Waals surface area contributed by atoms with Crippen LogP contribution in [-0.2, 0) is 16.4 Å². The van der Waals surface area contributed by atoms with Gasteiger partial charge in [0, 0.05) is 11.3 Å². The Morgan fingerprint density at radius 1 is 1.21 bits per heavy atom. The van der Waals surface area contributed by atoms with Gasteiger partial charge in [0.2, 0.25) is 10.0 Å². The summed E-state index contributed by atoms with van der Waals surface area (Å²) in [5.41, 5.74) is 3.17. The lowest BCUT2D eigenvalue weighted by atomic mass is 9.74. The molecule has 1 aromatic carbocycles. The molecule has 0 radical (unpaired) electrons. The quantitative estimate of drug-likeness (QED) is 0.926. The van der Waals surface area contributed by atoms with E-state index in [9.17, 15) is 8.42 Å².